The molecular weight excluding hydrogens is 244 g/mol. The Hall–Kier alpha value is -0.650. The van der Waals surface area contributed by atoms with Crippen LogP contribution in [0.2, 0.25) is 0 Å². The molecule has 2 N–H and O–H groups in total. The van der Waals surface area contributed by atoms with E-state index < -0.39 is 0 Å². The summed E-state index contributed by atoms with van der Waals surface area (Å²) in [6, 6.07) is 1.07. The molecule has 1 saturated heterocycles. The Kier molecular flexibility index (Phi) is 5.60. The molecule has 0 bridgehead atoms. The van der Waals surface area contributed by atoms with Crippen LogP contribution >= 0.6 is 0 Å². The predicted octanol–water partition coefficient (Wildman–Crippen LogP) is 0.517. The highest BCUT2D eigenvalue weighted by molar-refractivity contribution is 5.77. The Bertz CT molecular complexity index is 282. The Labute approximate surface area is 115 Å². The molecule has 0 aromatic heterocycles. The molecule has 0 atom stereocenters. The highest BCUT2D eigenvalue weighted by Crippen LogP contribution is 2.20. The molecule has 5 nitrogen and oxygen atoms in total. The minimum Gasteiger partial charge on any atom is -0.393 e. The largest absolute Gasteiger partial charge is 0.393 e. The summed E-state index contributed by atoms with van der Waals surface area (Å²) < 4.78 is 4.88. The second-order valence-electron chi connectivity index (χ2n) is 5.76. The molecule has 1 heterocycles. The third-order valence-corrected chi connectivity index (χ3v) is 4.28. The van der Waals surface area contributed by atoms with Gasteiger partial charge in [-0.15, -0.1) is 0 Å². The summed E-state index contributed by atoms with van der Waals surface area (Å²) in [5, 5.41) is 13.2. The lowest BCUT2D eigenvalue weighted by atomic mass is 9.91. The van der Waals surface area contributed by atoms with Crippen LogP contribution in [0.4, 0.5) is 0 Å². The molecular formula is C14H26N2O3. The SMILES string of the molecule is COCC(=O)N1CCC(NC2CCC(O)CC2)CC1. The number of aliphatic hydroxyl groups is 1. The molecule has 19 heavy (non-hydrogen) atoms. The molecule has 1 amide bonds. The monoisotopic (exact) mass is 270 g/mol. The van der Waals surface area contributed by atoms with Gasteiger partial charge in [0.15, 0.2) is 0 Å². The summed E-state index contributed by atoms with van der Waals surface area (Å²) in [7, 11) is 1.56. The van der Waals surface area contributed by atoms with Crippen LogP contribution in [0, 0.1) is 0 Å². The third kappa shape index (κ3) is 4.44. The van der Waals surface area contributed by atoms with E-state index in [-0.39, 0.29) is 18.6 Å². The number of aliphatic hydroxyl groups excluding tert-OH is 1. The average molecular weight is 270 g/mol. The first-order valence-electron chi connectivity index (χ1n) is 7.40. The zero-order valence-electron chi connectivity index (χ0n) is 11.8. The lowest BCUT2D eigenvalue weighted by Gasteiger charge is -2.36. The van der Waals surface area contributed by atoms with E-state index in [9.17, 15) is 9.90 Å². The van der Waals surface area contributed by atoms with Gasteiger partial charge in [0, 0.05) is 32.3 Å². The number of likely N-dealkylation sites (tertiary alicyclic amines) is 1. The lowest BCUT2D eigenvalue weighted by Crippen LogP contribution is -2.49. The molecule has 2 rings (SSSR count). The number of methoxy groups -OCH3 is 1. The van der Waals surface area contributed by atoms with Crippen molar-refractivity contribution in [3.8, 4) is 0 Å². The van der Waals surface area contributed by atoms with E-state index >= 15 is 0 Å². The average Bonchev–Trinajstić information content (AvgIpc) is 2.42. The van der Waals surface area contributed by atoms with Crippen LogP contribution in [-0.4, -0.2) is 60.9 Å². The van der Waals surface area contributed by atoms with E-state index in [1.807, 2.05) is 4.90 Å². The molecule has 2 fully saturated rings. The Morgan fingerprint density at radius 2 is 1.74 bits per heavy atom. The van der Waals surface area contributed by atoms with Gasteiger partial charge >= 0.3 is 0 Å². The van der Waals surface area contributed by atoms with Gasteiger partial charge in [-0.1, -0.05) is 0 Å². The van der Waals surface area contributed by atoms with Crippen molar-refractivity contribution in [2.75, 3.05) is 26.8 Å². The molecule has 5 heteroatoms. The van der Waals surface area contributed by atoms with Crippen molar-refractivity contribution in [3.05, 3.63) is 0 Å². The standard InChI is InChI=1S/C14H26N2O3/c1-19-10-14(18)16-8-6-12(7-9-16)15-11-2-4-13(17)5-3-11/h11-13,15,17H,2-10H2,1H3. The maximum absolute atomic E-state index is 11.7. The maximum atomic E-state index is 11.7. The van der Waals surface area contributed by atoms with Crippen LogP contribution in [0.15, 0.2) is 0 Å². The minimum atomic E-state index is -0.0911. The maximum Gasteiger partial charge on any atom is 0.248 e. The van der Waals surface area contributed by atoms with E-state index in [4.69, 9.17) is 4.74 Å². The summed E-state index contributed by atoms with van der Waals surface area (Å²) in [5.41, 5.74) is 0. The Balaban J connectivity index is 1.67. The molecule has 0 radical (unpaired) electrons. The number of piperidine rings is 1. The fraction of sp³-hybridized carbons (Fsp3) is 0.929. The number of hydrogen-bond acceptors (Lipinski definition) is 4. The molecule has 1 aliphatic carbocycles. The van der Waals surface area contributed by atoms with Gasteiger partial charge < -0.3 is 20.1 Å². The van der Waals surface area contributed by atoms with Gasteiger partial charge in [0.25, 0.3) is 0 Å². The van der Waals surface area contributed by atoms with E-state index in [1.165, 1.54) is 0 Å². The summed E-state index contributed by atoms with van der Waals surface area (Å²) in [6.45, 7) is 1.85. The van der Waals surface area contributed by atoms with Crippen molar-refractivity contribution in [1.29, 1.82) is 0 Å². The number of carbonyl (C=O) groups excluding carboxylic acids is 1. The number of carbonyl (C=O) groups is 1. The Morgan fingerprint density at radius 3 is 2.32 bits per heavy atom. The van der Waals surface area contributed by atoms with Crippen LogP contribution in [-0.2, 0) is 9.53 Å². The van der Waals surface area contributed by atoms with Crippen LogP contribution < -0.4 is 5.32 Å². The summed E-state index contributed by atoms with van der Waals surface area (Å²) in [5.74, 6) is 0.0988. The summed E-state index contributed by atoms with van der Waals surface area (Å²) in [6.07, 6.45) is 5.94. The van der Waals surface area contributed by atoms with Gasteiger partial charge in [0.2, 0.25) is 5.91 Å². The van der Waals surface area contributed by atoms with Crippen LogP contribution in [0.1, 0.15) is 38.5 Å². The Morgan fingerprint density at radius 1 is 1.16 bits per heavy atom. The van der Waals surface area contributed by atoms with Gasteiger partial charge in [0.05, 0.1) is 6.10 Å². The van der Waals surface area contributed by atoms with Gasteiger partial charge in [-0.3, -0.25) is 4.79 Å². The van der Waals surface area contributed by atoms with E-state index in [2.05, 4.69) is 5.32 Å². The fourth-order valence-corrected chi connectivity index (χ4v) is 3.09. The molecule has 0 aromatic carbocycles. The molecule has 1 saturated carbocycles. The second-order valence-corrected chi connectivity index (χ2v) is 5.76. The molecule has 0 spiro atoms. The third-order valence-electron chi connectivity index (χ3n) is 4.28. The highest BCUT2D eigenvalue weighted by atomic mass is 16.5. The first kappa shape index (κ1) is 14.8. The predicted molar refractivity (Wildman–Crippen MR) is 72.9 cm³/mol. The quantitative estimate of drug-likeness (QED) is 0.782. The van der Waals surface area contributed by atoms with Crippen molar-refractivity contribution in [2.45, 2.75) is 56.7 Å². The minimum absolute atomic E-state index is 0.0911. The molecule has 0 aromatic rings. The van der Waals surface area contributed by atoms with Crippen molar-refractivity contribution >= 4 is 5.91 Å². The second kappa shape index (κ2) is 7.22. The number of nitrogens with one attached hydrogen (secondary N) is 1. The fourth-order valence-electron chi connectivity index (χ4n) is 3.09. The number of amides is 1. The van der Waals surface area contributed by atoms with Crippen molar-refractivity contribution in [1.82, 2.24) is 10.2 Å². The van der Waals surface area contributed by atoms with Crippen LogP contribution in [0.25, 0.3) is 0 Å². The van der Waals surface area contributed by atoms with Gasteiger partial charge in [-0.2, -0.15) is 0 Å². The summed E-state index contributed by atoms with van der Waals surface area (Å²) >= 11 is 0. The molecule has 2 aliphatic rings. The van der Waals surface area contributed by atoms with Crippen molar-refractivity contribution < 1.29 is 14.6 Å². The number of nitrogens with zero attached hydrogens (tertiary/aromatic N) is 1. The first-order chi connectivity index (χ1) is 9.19. The zero-order valence-corrected chi connectivity index (χ0v) is 11.8. The first-order valence-corrected chi connectivity index (χ1v) is 7.40. The zero-order chi connectivity index (χ0) is 13.7. The lowest BCUT2D eigenvalue weighted by molar-refractivity contribution is -0.136. The van der Waals surface area contributed by atoms with E-state index in [0.717, 1.165) is 51.6 Å². The number of hydrogen-bond donors (Lipinski definition) is 2. The van der Waals surface area contributed by atoms with E-state index in [1.54, 1.807) is 7.11 Å². The van der Waals surface area contributed by atoms with E-state index in [0.29, 0.717) is 12.1 Å². The van der Waals surface area contributed by atoms with Crippen molar-refractivity contribution in [3.63, 3.8) is 0 Å². The topological polar surface area (TPSA) is 61.8 Å². The number of rotatable bonds is 4. The normalized spacial score (nSPS) is 29.5. The van der Waals surface area contributed by atoms with Gasteiger partial charge in [-0.25, -0.2) is 0 Å². The highest BCUT2D eigenvalue weighted by Gasteiger charge is 2.26. The van der Waals surface area contributed by atoms with Gasteiger partial charge in [0.1, 0.15) is 6.61 Å². The van der Waals surface area contributed by atoms with Crippen LogP contribution in [0.3, 0.4) is 0 Å². The van der Waals surface area contributed by atoms with Crippen LogP contribution in [0.5, 0.6) is 0 Å². The molecule has 110 valence electrons. The molecule has 0 unspecified atom stereocenters. The smallest absolute Gasteiger partial charge is 0.248 e. The summed E-state index contributed by atoms with van der Waals surface area (Å²) in [4.78, 5) is 13.6. The number of ether oxygens (including phenoxy) is 1. The molecule has 1 aliphatic heterocycles. The van der Waals surface area contributed by atoms with Crippen molar-refractivity contribution in [2.24, 2.45) is 0 Å². The van der Waals surface area contributed by atoms with Gasteiger partial charge in [-0.05, 0) is 38.5 Å².